The number of thioether (sulfide) groups is 1. The lowest BCUT2D eigenvalue weighted by Gasteiger charge is -2.38. The van der Waals surface area contributed by atoms with E-state index < -0.39 is 12.1 Å². The Kier molecular flexibility index (Phi) is 9.27. The SMILES string of the molecule is COc1ccc2ncc(Cl)c(C(F)CCC3CCN(CCSc4cccs4)CC3CC(=O)O)c2c1. The van der Waals surface area contributed by atoms with Crippen LogP contribution in [0.2, 0.25) is 5.02 Å². The quantitative estimate of drug-likeness (QED) is 0.267. The molecule has 1 aromatic carbocycles. The number of rotatable bonds is 11. The van der Waals surface area contributed by atoms with Crippen molar-refractivity contribution in [3.8, 4) is 5.75 Å². The van der Waals surface area contributed by atoms with Gasteiger partial charge < -0.3 is 14.7 Å². The summed E-state index contributed by atoms with van der Waals surface area (Å²) in [7, 11) is 1.57. The number of piperidine rings is 1. The molecule has 3 heterocycles. The molecule has 3 aromatic rings. The third-order valence-electron chi connectivity index (χ3n) is 6.73. The first-order chi connectivity index (χ1) is 16.9. The van der Waals surface area contributed by atoms with Crippen LogP contribution in [0.25, 0.3) is 10.9 Å². The number of thiophene rings is 1. The van der Waals surface area contributed by atoms with Crippen molar-refractivity contribution in [1.82, 2.24) is 9.88 Å². The molecule has 3 unspecified atom stereocenters. The van der Waals surface area contributed by atoms with Gasteiger partial charge in [0.25, 0.3) is 0 Å². The molecule has 188 valence electrons. The molecular formula is C26H30ClFN2O3S2. The zero-order valence-corrected chi connectivity index (χ0v) is 22.0. The Morgan fingerprint density at radius 1 is 1.40 bits per heavy atom. The number of fused-ring (bicyclic) bond motifs is 1. The summed E-state index contributed by atoms with van der Waals surface area (Å²) < 4.78 is 22.2. The molecule has 1 aliphatic rings. The molecular weight excluding hydrogens is 507 g/mol. The number of carboxylic acid groups (broad SMARTS) is 1. The van der Waals surface area contributed by atoms with E-state index in [-0.39, 0.29) is 18.3 Å². The van der Waals surface area contributed by atoms with Gasteiger partial charge in [-0.1, -0.05) is 17.7 Å². The molecule has 3 atom stereocenters. The fourth-order valence-electron chi connectivity index (χ4n) is 4.93. The fourth-order valence-corrected chi connectivity index (χ4v) is 7.07. The van der Waals surface area contributed by atoms with Crippen LogP contribution in [0.3, 0.4) is 0 Å². The first-order valence-electron chi connectivity index (χ1n) is 11.8. The second kappa shape index (κ2) is 12.4. The molecule has 5 nitrogen and oxygen atoms in total. The summed E-state index contributed by atoms with van der Waals surface area (Å²) in [4.78, 5) is 18.2. The van der Waals surface area contributed by atoms with Crippen molar-refractivity contribution in [3.05, 3.63) is 52.5 Å². The van der Waals surface area contributed by atoms with Crippen LogP contribution < -0.4 is 4.74 Å². The van der Waals surface area contributed by atoms with Crippen LogP contribution in [0.5, 0.6) is 5.75 Å². The number of carboxylic acids is 1. The molecule has 35 heavy (non-hydrogen) atoms. The van der Waals surface area contributed by atoms with Gasteiger partial charge in [-0.25, -0.2) is 4.39 Å². The maximum Gasteiger partial charge on any atom is 0.303 e. The Balaban J connectivity index is 1.39. The number of halogens is 2. The van der Waals surface area contributed by atoms with Gasteiger partial charge in [-0.2, -0.15) is 0 Å². The minimum absolute atomic E-state index is 0.0185. The molecule has 9 heteroatoms. The number of methoxy groups -OCH3 is 1. The number of nitrogens with zero attached hydrogens (tertiary/aromatic N) is 2. The Morgan fingerprint density at radius 3 is 3.00 bits per heavy atom. The number of alkyl halides is 1. The van der Waals surface area contributed by atoms with Gasteiger partial charge in [0, 0.05) is 42.4 Å². The summed E-state index contributed by atoms with van der Waals surface area (Å²) >= 11 is 9.97. The Labute approximate surface area is 218 Å². The van der Waals surface area contributed by atoms with E-state index in [9.17, 15) is 9.90 Å². The molecule has 0 amide bonds. The van der Waals surface area contributed by atoms with Gasteiger partial charge in [0.15, 0.2) is 0 Å². The maximum atomic E-state index is 15.6. The van der Waals surface area contributed by atoms with Gasteiger partial charge in [-0.3, -0.25) is 9.78 Å². The van der Waals surface area contributed by atoms with E-state index in [1.165, 1.54) is 10.4 Å². The maximum absolute atomic E-state index is 15.6. The monoisotopic (exact) mass is 536 g/mol. The highest BCUT2D eigenvalue weighted by Crippen LogP contribution is 2.39. The van der Waals surface area contributed by atoms with Gasteiger partial charge in [0.05, 0.1) is 21.9 Å². The molecule has 1 fully saturated rings. The molecule has 0 spiro atoms. The first kappa shape index (κ1) is 26.2. The van der Waals surface area contributed by atoms with E-state index in [0.717, 1.165) is 31.8 Å². The third-order valence-corrected chi connectivity index (χ3v) is 9.14. The Hall–Kier alpha value is -1.87. The predicted octanol–water partition coefficient (Wildman–Crippen LogP) is 6.95. The number of hydrogen-bond acceptors (Lipinski definition) is 6. The largest absolute Gasteiger partial charge is 0.497 e. The molecule has 1 N–H and O–H groups in total. The van der Waals surface area contributed by atoms with Crippen molar-refractivity contribution in [2.24, 2.45) is 11.8 Å². The van der Waals surface area contributed by atoms with Crippen molar-refractivity contribution in [3.63, 3.8) is 0 Å². The molecule has 1 saturated heterocycles. The van der Waals surface area contributed by atoms with Crippen LogP contribution in [0.1, 0.15) is 37.4 Å². The van der Waals surface area contributed by atoms with Crippen LogP contribution >= 0.6 is 34.7 Å². The van der Waals surface area contributed by atoms with E-state index in [1.807, 2.05) is 11.8 Å². The van der Waals surface area contributed by atoms with Gasteiger partial charge >= 0.3 is 5.97 Å². The zero-order valence-electron chi connectivity index (χ0n) is 19.7. The Bertz CT molecular complexity index is 1130. The lowest BCUT2D eigenvalue weighted by Crippen LogP contribution is -2.42. The van der Waals surface area contributed by atoms with E-state index in [0.29, 0.717) is 40.1 Å². The van der Waals surface area contributed by atoms with Crippen LogP contribution in [-0.2, 0) is 4.79 Å². The van der Waals surface area contributed by atoms with Crippen molar-refractivity contribution in [2.45, 2.75) is 36.1 Å². The van der Waals surface area contributed by atoms with Crippen LogP contribution in [0.15, 0.2) is 46.1 Å². The smallest absolute Gasteiger partial charge is 0.303 e. The van der Waals surface area contributed by atoms with Gasteiger partial charge in [-0.15, -0.1) is 23.1 Å². The summed E-state index contributed by atoms with van der Waals surface area (Å²) in [6, 6.07) is 9.55. The van der Waals surface area contributed by atoms with E-state index in [1.54, 1.807) is 36.6 Å². The predicted molar refractivity (Wildman–Crippen MR) is 142 cm³/mol. The van der Waals surface area contributed by atoms with E-state index >= 15 is 4.39 Å². The number of aromatic nitrogens is 1. The number of carbonyl (C=O) groups is 1. The van der Waals surface area contributed by atoms with Crippen LogP contribution in [0, 0.1) is 11.8 Å². The van der Waals surface area contributed by atoms with Crippen LogP contribution in [-0.4, -0.2) is 53.5 Å². The lowest BCUT2D eigenvalue weighted by molar-refractivity contribution is -0.139. The fraction of sp³-hybridized carbons (Fsp3) is 0.462. The zero-order chi connectivity index (χ0) is 24.8. The standard InChI is InChI=1S/C26H30ClFN2O3S2/c1-33-19-5-7-23-20(14-19)26(21(27)15-29-23)22(28)6-4-17-8-9-30(16-18(17)13-24(31)32)10-12-35-25-3-2-11-34-25/h2-3,5,7,11,14-15,17-18,22H,4,6,8-10,12-13,16H2,1H3,(H,31,32). The molecule has 1 aliphatic heterocycles. The van der Waals surface area contributed by atoms with Gasteiger partial charge in [0.2, 0.25) is 0 Å². The minimum atomic E-state index is -1.26. The highest BCUT2D eigenvalue weighted by Gasteiger charge is 2.31. The average Bonchev–Trinajstić information content (AvgIpc) is 3.36. The van der Waals surface area contributed by atoms with E-state index in [4.69, 9.17) is 16.3 Å². The molecule has 0 saturated carbocycles. The molecule has 0 bridgehead atoms. The van der Waals surface area contributed by atoms with Crippen molar-refractivity contribution >= 4 is 51.6 Å². The number of ether oxygens (including phenoxy) is 1. The second-order valence-corrected chi connectivity index (χ2v) is 11.7. The van der Waals surface area contributed by atoms with Crippen LogP contribution in [0.4, 0.5) is 4.39 Å². The molecule has 4 rings (SSSR count). The van der Waals surface area contributed by atoms with Crippen molar-refractivity contribution in [2.75, 3.05) is 32.5 Å². The normalized spacial score (nSPS) is 19.6. The average molecular weight is 537 g/mol. The number of likely N-dealkylation sites (tertiary alicyclic amines) is 1. The molecule has 0 radical (unpaired) electrons. The third kappa shape index (κ3) is 6.88. The minimum Gasteiger partial charge on any atom is -0.497 e. The number of benzene rings is 1. The highest BCUT2D eigenvalue weighted by atomic mass is 35.5. The first-order valence-corrected chi connectivity index (χ1v) is 14.1. The van der Waals surface area contributed by atoms with Crippen molar-refractivity contribution < 1.29 is 19.0 Å². The topological polar surface area (TPSA) is 62.7 Å². The molecule has 2 aromatic heterocycles. The van der Waals surface area contributed by atoms with E-state index in [2.05, 4.69) is 27.4 Å². The molecule has 0 aliphatic carbocycles. The summed E-state index contributed by atoms with van der Waals surface area (Å²) in [6.45, 7) is 2.59. The summed E-state index contributed by atoms with van der Waals surface area (Å²) in [5, 5.41) is 12.5. The highest BCUT2D eigenvalue weighted by molar-refractivity contribution is 8.01. The van der Waals surface area contributed by atoms with Crippen molar-refractivity contribution in [1.29, 1.82) is 0 Å². The number of pyridine rings is 1. The number of aliphatic carboxylic acids is 1. The number of hydrogen-bond donors (Lipinski definition) is 1. The van der Waals surface area contributed by atoms with Gasteiger partial charge in [-0.05, 0) is 67.3 Å². The second-order valence-electron chi connectivity index (χ2n) is 8.94. The summed E-state index contributed by atoms with van der Waals surface area (Å²) in [5.74, 6) is 1.01. The van der Waals surface area contributed by atoms with Gasteiger partial charge in [0.1, 0.15) is 11.9 Å². The lowest BCUT2D eigenvalue weighted by atomic mass is 9.79. The Morgan fingerprint density at radius 2 is 2.26 bits per heavy atom. The summed E-state index contributed by atoms with van der Waals surface area (Å²) in [5.41, 5.74) is 1.11. The summed E-state index contributed by atoms with van der Waals surface area (Å²) in [6.07, 6.45) is 2.16.